The molecule has 7 nitrogen and oxygen atoms in total. The monoisotopic (exact) mass is 394 g/mol. The summed E-state index contributed by atoms with van der Waals surface area (Å²) in [6, 6.07) is 17.8. The lowest BCUT2D eigenvalue weighted by molar-refractivity contribution is -0.131. The van der Waals surface area contributed by atoms with Crippen LogP contribution in [0.15, 0.2) is 60.7 Å². The Balaban J connectivity index is 2.05. The third-order valence-corrected chi connectivity index (χ3v) is 5.10. The van der Waals surface area contributed by atoms with Crippen molar-refractivity contribution in [1.82, 2.24) is 20.0 Å². The molecule has 7 heteroatoms. The first kappa shape index (κ1) is 20.5. The van der Waals surface area contributed by atoms with Crippen LogP contribution in [0, 0.1) is 0 Å². The molecule has 1 saturated heterocycles. The third-order valence-electron chi connectivity index (χ3n) is 5.10. The highest BCUT2D eigenvalue weighted by Crippen LogP contribution is 2.42. The average Bonchev–Trinajstić information content (AvgIpc) is 2.91. The Morgan fingerprint density at radius 3 is 1.97 bits per heavy atom. The fraction of sp³-hybridized carbons (Fsp3) is 0.318. The molecule has 0 saturated carbocycles. The van der Waals surface area contributed by atoms with E-state index in [0.717, 1.165) is 4.90 Å². The minimum Gasteiger partial charge on any atom is -0.353 e. The number of amides is 4. The second-order valence-corrected chi connectivity index (χ2v) is 7.33. The topological polar surface area (TPSA) is 73.0 Å². The van der Waals surface area contributed by atoms with Gasteiger partial charge in [-0.05, 0) is 25.2 Å². The van der Waals surface area contributed by atoms with Crippen molar-refractivity contribution < 1.29 is 14.4 Å². The lowest BCUT2D eigenvalue weighted by Gasteiger charge is -2.35. The van der Waals surface area contributed by atoms with Crippen molar-refractivity contribution in [2.75, 3.05) is 40.8 Å². The zero-order valence-corrected chi connectivity index (χ0v) is 17.0. The number of nitrogens with one attached hydrogen (secondary N) is 1. The molecular weight excluding hydrogens is 368 g/mol. The fourth-order valence-corrected chi connectivity index (χ4v) is 3.66. The van der Waals surface area contributed by atoms with Gasteiger partial charge in [-0.1, -0.05) is 60.7 Å². The number of likely N-dealkylation sites (N-methyl/N-ethyl adjacent to an activating group) is 2. The smallest absolute Gasteiger partial charge is 0.328 e. The molecule has 4 amide bonds. The van der Waals surface area contributed by atoms with Gasteiger partial charge in [0.25, 0.3) is 5.91 Å². The summed E-state index contributed by atoms with van der Waals surface area (Å²) in [6.07, 6.45) is 0. The van der Waals surface area contributed by atoms with Gasteiger partial charge in [0.1, 0.15) is 6.54 Å². The molecule has 2 aromatic carbocycles. The Hall–Kier alpha value is -3.19. The number of hydrogen-bond acceptors (Lipinski definition) is 4. The molecule has 152 valence electrons. The van der Waals surface area contributed by atoms with Gasteiger partial charge in [-0.25, -0.2) is 4.79 Å². The van der Waals surface area contributed by atoms with Crippen molar-refractivity contribution in [2.45, 2.75) is 5.54 Å². The molecule has 3 rings (SSSR count). The SMILES string of the molecule is CN(C)CCNC(=O)CN1C(=O)N(C)C(=O)C1(c1ccccc1)c1ccccc1. The van der Waals surface area contributed by atoms with E-state index in [0.29, 0.717) is 24.2 Å². The molecule has 0 aliphatic carbocycles. The molecule has 0 radical (unpaired) electrons. The molecule has 1 N–H and O–H groups in total. The summed E-state index contributed by atoms with van der Waals surface area (Å²) in [7, 11) is 5.29. The number of hydrogen-bond donors (Lipinski definition) is 1. The van der Waals surface area contributed by atoms with Gasteiger partial charge in [-0.2, -0.15) is 0 Å². The zero-order chi connectivity index (χ0) is 21.0. The predicted molar refractivity (Wildman–Crippen MR) is 110 cm³/mol. The van der Waals surface area contributed by atoms with Gasteiger partial charge in [-0.3, -0.25) is 19.4 Å². The number of benzene rings is 2. The van der Waals surface area contributed by atoms with E-state index in [1.54, 1.807) is 0 Å². The molecule has 1 aliphatic rings. The van der Waals surface area contributed by atoms with Crippen LogP contribution in [0.1, 0.15) is 11.1 Å². The quantitative estimate of drug-likeness (QED) is 0.723. The maximum atomic E-state index is 13.5. The van der Waals surface area contributed by atoms with Crippen molar-refractivity contribution in [1.29, 1.82) is 0 Å². The summed E-state index contributed by atoms with van der Waals surface area (Å²) in [4.78, 5) is 43.5. The largest absolute Gasteiger partial charge is 0.353 e. The summed E-state index contributed by atoms with van der Waals surface area (Å²) in [6.45, 7) is 0.925. The van der Waals surface area contributed by atoms with E-state index in [4.69, 9.17) is 0 Å². The summed E-state index contributed by atoms with van der Waals surface area (Å²) in [5.74, 6) is -0.680. The van der Waals surface area contributed by atoms with E-state index in [1.165, 1.54) is 11.9 Å². The molecule has 0 bridgehead atoms. The number of carbonyl (C=O) groups excluding carboxylic acids is 3. The van der Waals surface area contributed by atoms with Crippen LogP contribution in [-0.4, -0.2) is 73.3 Å². The highest BCUT2D eigenvalue weighted by atomic mass is 16.2. The van der Waals surface area contributed by atoms with Gasteiger partial charge in [0.15, 0.2) is 5.54 Å². The summed E-state index contributed by atoms with van der Waals surface area (Å²) in [5.41, 5.74) is -0.0854. The van der Waals surface area contributed by atoms with Gasteiger partial charge in [0.05, 0.1) is 0 Å². The second kappa shape index (κ2) is 8.45. The van der Waals surface area contributed by atoms with Gasteiger partial charge < -0.3 is 10.2 Å². The highest BCUT2D eigenvalue weighted by molar-refractivity contribution is 6.10. The van der Waals surface area contributed by atoms with Crippen LogP contribution in [0.4, 0.5) is 4.79 Å². The average molecular weight is 394 g/mol. The first-order valence-electron chi connectivity index (χ1n) is 9.51. The number of imide groups is 1. The maximum absolute atomic E-state index is 13.5. The van der Waals surface area contributed by atoms with Crippen LogP contribution in [0.25, 0.3) is 0 Å². The number of urea groups is 1. The van der Waals surface area contributed by atoms with E-state index in [-0.39, 0.29) is 18.4 Å². The van der Waals surface area contributed by atoms with Crippen molar-refractivity contribution in [3.8, 4) is 0 Å². The van der Waals surface area contributed by atoms with Crippen LogP contribution in [0.5, 0.6) is 0 Å². The lowest BCUT2D eigenvalue weighted by atomic mass is 9.81. The van der Waals surface area contributed by atoms with Gasteiger partial charge >= 0.3 is 6.03 Å². The Morgan fingerprint density at radius 1 is 0.966 bits per heavy atom. The molecular formula is C22H26N4O3. The zero-order valence-electron chi connectivity index (χ0n) is 17.0. The number of rotatable bonds is 7. The maximum Gasteiger partial charge on any atom is 0.328 e. The lowest BCUT2D eigenvalue weighted by Crippen LogP contribution is -2.51. The summed E-state index contributed by atoms with van der Waals surface area (Å²) >= 11 is 0. The first-order chi connectivity index (χ1) is 13.9. The normalized spacial score (nSPS) is 15.9. The summed E-state index contributed by atoms with van der Waals surface area (Å²) < 4.78 is 0. The standard InChI is InChI=1S/C22H26N4O3/c1-24(2)15-14-23-19(27)16-26-21(29)25(3)20(28)22(26,17-10-6-4-7-11-17)18-12-8-5-9-13-18/h4-13H,14-16H2,1-3H3,(H,23,27). The summed E-state index contributed by atoms with van der Waals surface area (Å²) in [5, 5.41) is 2.83. The Bertz CT molecular complexity index is 844. The Kier molecular flexibility index (Phi) is 5.98. The third kappa shape index (κ3) is 3.73. The fourth-order valence-electron chi connectivity index (χ4n) is 3.66. The van der Waals surface area contributed by atoms with E-state index in [9.17, 15) is 14.4 Å². The molecule has 0 spiro atoms. The molecule has 0 aromatic heterocycles. The first-order valence-corrected chi connectivity index (χ1v) is 9.51. The second-order valence-electron chi connectivity index (χ2n) is 7.33. The van der Waals surface area contributed by atoms with Crippen LogP contribution in [0.2, 0.25) is 0 Å². The highest BCUT2D eigenvalue weighted by Gasteiger charge is 2.58. The van der Waals surface area contributed by atoms with Crippen molar-refractivity contribution in [3.05, 3.63) is 71.8 Å². The number of carbonyl (C=O) groups is 3. The molecule has 0 atom stereocenters. The van der Waals surface area contributed by atoms with Crippen molar-refractivity contribution in [2.24, 2.45) is 0 Å². The van der Waals surface area contributed by atoms with E-state index >= 15 is 0 Å². The van der Waals surface area contributed by atoms with Crippen molar-refractivity contribution in [3.63, 3.8) is 0 Å². The molecule has 1 aliphatic heterocycles. The van der Waals surface area contributed by atoms with E-state index < -0.39 is 11.6 Å². The Labute approximate surface area is 170 Å². The minimum absolute atomic E-state index is 0.216. The van der Waals surface area contributed by atoms with E-state index in [1.807, 2.05) is 79.7 Å². The van der Waals surface area contributed by atoms with Gasteiger partial charge in [0, 0.05) is 20.1 Å². The van der Waals surface area contributed by atoms with Crippen LogP contribution in [0.3, 0.4) is 0 Å². The van der Waals surface area contributed by atoms with Crippen LogP contribution >= 0.6 is 0 Å². The van der Waals surface area contributed by atoms with Gasteiger partial charge in [0.2, 0.25) is 5.91 Å². The van der Waals surface area contributed by atoms with Crippen molar-refractivity contribution >= 4 is 17.8 Å². The molecule has 29 heavy (non-hydrogen) atoms. The Morgan fingerprint density at radius 2 is 1.48 bits per heavy atom. The molecule has 0 unspecified atom stereocenters. The molecule has 1 heterocycles. The minimum atomic E-state index is -1.38. The molecule has 1 fully saturated rings. The number of nitrogens with zero attached hydrogens (tertiary/aromatic N) is 3. The van der Waals surface area contributed by atoms with Crippen LogP contribution in [-0.2, 0) is 15.1 Å². The van der Waals surface area contributed by atoms with E-state index in [2.05, 4.69) is 5.32 Å². The molecule has 2 aromatic rings. The van der Waals surface area contributed by atoms with Crippen LogP contribution < -0.4 is 5.32 Å². The van der Waals surface area contributed by atoms with Gasteiger partial charge in [-0.15, -0.1) is 0 Å². The predicted octanol–water partition coefficient (Wildman–Crippen LogP) is 1.50.